The van der Waals surface area contributed by atoms with E-state index in [0.717, 1.165) is 34.0 Å². The number of benzene rings is 1. The molecule has 3 N–H and O–H groups in total. The summed E-state index contributed by atoms with van der Waals surface area (Å²) < 4.78 is 25.7. The third-order valence-electron chi connectivity index (χ3n) is 4.86. The summed E-state index contributed by atoms with van der Waals surface area (Å²) in [7, 11) is -0.796. The summed E-state index contributed by atoms with van der Waals surface area (Å²) in [5, 5.41) is 3.19. The number of fused-ring (bicyclic) bond motifs is 1. The molecule has 7 nitrogen and oxygen atoms in total. The maximum Gasteiger partial charge on any atom is 0.256 e. The van der Waals surface area contributed by atoms with E-state index in [0.29, 0.717) is 16.5 Å². The topological polar surface area (TPSA) is 110 Å². The smallest absolute Gasteiger partial charge is 0.256 e. The van der Waals surface area contributed by atoms with Gasteiger partial charge in [-0.3, -0.25) is 9.59 Å². The fraction of sp³-hybridized carbons (Fsp3) is 0.368. The summed E-state index contributed by atoms with van der Waals surface area (Å²) in [6.45, 7) is 2.15. The second kappa shape index (κ2) is 7.65. The Morgan fingerprint density at radius 1 is 1.29 bits per heavy atom. The summed E-state index contributed by atoms with van der Waals surface area (Å²) >= 11 is 1.37. The fourth-order valence-electron chi connectivity index (χ4n) is 3.28. The van der Waals surface area contributed by atoms with Crippen molar-refractivity contribution in [1.82, 2.24) is 4.31 Å². The highest BCUT2D eigenvalue weighted by Gasteiger charge is 2.27. The SMILES string of the molecule is C[C@@H]1CCc2c(sc(NC(=O)c3cccc(S(=O)(=O)N(C)C)c3)c2C(N)=O)C1. The summed E-state index contributed by atoms with van der Waals surface area (Å²) in [6, 6.07) is 5.81. The van der Waals surface area contributed by atoms with Crippen molar-refractivity contribution in [2.24, 2.45) is 11.7 Å². The lowest BCUT2D eigenvalue weighted by Gasteiger charge is -2.18. The number of rotatable bonds is 5. The van der Waals surface area contributed by atoms with E-state index in [2.05, 4.69) is 12.2 Å². The molecule has 3 rings (SSSR count). The zero-order chi connectivity index (χ0) is 20.6. The average molecular weight is 422 g/mol. The third-order valence-corrected chi connectivity index (χ3v) is 7.84. The first-order chi connectivity index (χ1) is 13.1. The Balaban J connectivity index is 1.93. The molecule has 9 heteroatoms. The summed E-state index contributed by atoms with van der Waals surface area (Å²) in [5.41, 5.74) is 7.07. The molecule has 0 saturated heterocycles. The molecule has 28 heavy (non-hydrogen) atoms. The molecule has 0 radical (unpaired) electrons. The van der Waals surface area contributed by atoms with Crippen LogP contribution in [0.4, 0.5) is 5.00 Å². The van der Waals surface area contributed by atoms with Crippen LogP contribution in [0.1, 0.15) is 44.5 Å². The number of primary amides is 1. The minimum atomic E-state index is -3.65. The van der Waals surface area contributed by atoms with E-state index in [1.165, 1.54) is 49.7 Å². The maximum atomic E-state index is 12.8. The lowest BCUT2D eigenvalue weighted by Crippen LogP contribution is -2.23. The number of hydrogen-bond donors (Lipinski definition) is 2. The van der Waals surface area contributed by atoms with Gasteiger partial charge >= 0.3 is 0 Å². The number of nitrogens with zero attached hydrogens (tertiary/aromatic N) is 1. The molecule has 0 bridgehead atoms. The Labute approximate surface area is 168 Å². The van der Waals surface area contributed by atoms with Gasteiger partial charge in [-0.15, -0.1) is 11.3 Å². The van der Waals surface area contributed by atoms with Crippen LogP contribution in [0, 0.1) is 5.92 Å². The zero-order valence-corrected chi connectivity index (χ0v) is 17.6. The van der Waals surface area contributed by atoms with Crippen LogP contribution in [0.5, 0.6) is 0 Å². The van der Waals surface area contributed by atoms with Crippen LogP contribution in [0.15, 0.2) is 29.2 Å². The number of sulfonamides is 1. The minimum Gasteiger partial charge on any atom is -0.365 e. The highest BCUT2D eigenvalue weighted by Crippen LogP contribution is 2.39. The first kappa shape index (κ1) is 20.5. The van der Waals surface area contributed by atoms with Gasteiger partial charge in [0.25, 0.3) is 11.8 Å². The molecular formula is C19H23N3O4S2. The van der Waals surface area contributed by atoms with Gasteiger partial charge in [0, 0.05) is 24.5 Å². The van der Waals surface area contributed by atoms with Gasteiger partial charge in [0.05, 0.1) is 10.5 Å². The Bertz CT molecular complexity index is 1040. The second-order valence-corrected chi connectivity index (χ2v) is 10.4. The predicted molar refractivity (Wildman–Crippen MR) is 109 cm³/mol. The molecular weight excluding hydrogens is 398 g/mol. The van der Waals surface area contributed by atoms with Crippen molar-refractivity contribution in [3.63, 3.8) is 0 Å². The summed E-state index contributed by atoms with van der Waals surface area (Å²) in [5.74, 6) is -0.528. The number of thiophene rings is 1. The van der Waals surface area contributed by atoms with Crippen molar-refractivity contribution < 1.29 is 18.0 Å². The highest BCUT2D eigenvalue weighted by molar-refractivity contribution is 7.89. The van der Waals surface area contributed by atoms with Crippen molar-refractivity contribution in [3.05, 3.63) is 45.8 Å². The van der Waals surface area contributed by atoms with Crippen molar-refractivity contribution in [3.8, 4) is 0 Å². The standard InChI is InChI=1S/C19H23N3O4S2/c1-11-7-8-14-15(9-11)27-19(16(14)17(20)23)21-18(24)12-5-4-6-13(10-12)28(25,26)22(2)3/h4-6,10-11H,7-9H2,1-3H3,(H2,20,23)(H,21,24)/t11-/m1/s1. The third kappa shape index (κ3) is 3.82. The van der Waals surface area contributed by atoms with Crippen LogP contribution in [0.3, 0.4) is 0 Å². The van der Waals surface area contributed by atoms with Gasteiger partial charge in [-0.2, -0.15) is 0 Å². The second-order valence-electron chi connectivity index (χ2n) is 7.19. The number of nitrogens with one attached hydrogen (secondary N) is 1. The van der Waals surface area contributed by atoms with E-state index >= 15 is 0 Å². The van der Waals surface area contributed by atoms with E-state index in [1.807, 2.05) is 0 Å². The molecule has 1 aliphatic carbocycles. The number of anilines is 1. The van der Waals surface area contributed by atoms with E-state index in [9.17, 15) is 18.0 Å². The van der Waals surface area contributed by atoms with Crippen molar-refractivity contribution in [1.29, 1.82) is 0 Å². The Morgan fingerprint density at radius 3 is 2.64 bits per heavy atom. The molecule has 1 aliphatic rings. The molecule has 0 saturated carbocycles. The minimum absolute atomic E-state index is 0.0274. The molecule has 150 valence electrons. The summed E-state index contributed by atoms with van der Waals surface area (Å²) in [4.78, 5) is 25.9. The normalized spacial score (nSPS) is 16.6. The van der Waals surface area contributed by atoms with Crippen LogP contribution < -0.4 is 11.1 Å². The van der Waals surface area contributed by atoms with Crippen molar-refractivity contribution >= 4 is 38.2 Å². The lowest BCUT2D eigenvalue weighted by molar-refractivity contribution is 0.1000. The van der Waals surface area contributed by atoms with Crippen molar-refractivity contribution in [2.45, 2.75) is 31.1 Å². The van der Waals surface area contributed by atoms with Gasteiger partial charge < -0.3 is 11.1 Å². The van der Waals surface area contributed by atoms with Gasteiger partial charge in [0.1, 0.15) is 5.00 Å². The number of carbonyl (C=O) groups excluding carboxylic acids is 2. The molecule has 0 unspecified atom stereocenters. The number of carbonyl (C=O) groups is 2. The quantitative estimate of drug-likeness (QED) is 0.773. The fourth-order valence-corrected chi connectivity index (χ4v) is 5.64. The van der Waals surface area contributed by atoms with Gasteiger partial charge in [-0.1, -0.05) is 13.0 Å². The molecule has 0 fully saturated rings. The molecule has 1 atom stereocenters. The van der Waals surface area contributed by atoms with Crippen LogP contribution in [0.2, 0.25) is 0 Å². The van der Waals surface area contributed by atoms with Crippen LogP contribution in [-0.4, -0.2) is 38.6 Å². The monoisotopic (exact) mass is 421 g/mol. The highest BCUT2D eigenvalue weighted by atomic mass is 32.2. The zero-order valence-electron chi connectivity index (χ0n) is 16.0. The number of amides is 2. The largest absolute Gasteiger partial charge is 0.365 e. The molecule has 2 aromatic rings. The van der Waals surface area contributed by atoms with Gasteiger partial charge in [-0.05, 0) is 48.9 Å². The maximum absolute atomic E-state index is 12.8. The Kier molecular flexibility index (Phi) is 5.60. The Morgan fingerprint density at radius 2 is 2.00 bits per heavy atom. The van der Waals surface area contributed by atoms with E-state index < -0.39 is 21.8 Å². The molecule has 0 aliphatic heterocycles. The van der Waals surface area contributed by atoms with Crippen molar-refractivity contribution in [2.75, 3.05) is 19.4 Å². The van der Waals surface area contributed by atoms with Crippen LogP contribution in [-0.2, 0) is 22.9 Å². The predicted octanol–water partition coefficient (Wildman–Crippen LogP) is 2.47. The number of nitrogens with two attached hydrogens (primary N) is 1. The molecule has 1 aromatic carbocycles. The molecule has 2 amide bonds. The van der Waals surface area contributed by atoms with E-state index in [-0.39, 0.29) is 10.5 Å². The molecule has 0 spiro atoms. The lowest BCUT2D eigenvalue weighted by atomic mass is 9.88. The average Bonchev–Trinajstić information content (AvgIpc) is 2.98. The Hall–Kier alpha value is -2.23. The summed E-state index contributed by atoms with van der Waals surface area (Å²) in [6.07, 6.45) is 2.59. The van der Waals surface area contributed by atoms with Crippen LogP contribution >= 0.6 is 11.3 Å². The van der Waals surface area contributed by atoms with Gasteiger partial charge in [-0.25, -0.2) is 12.7 Å². The van der Waals surface area contributed by atoms with E-state index in [1.54, 1.807) is 0 Å². The number of hydrogen-bond acceptors (Lipinski definition) is 5. The van der Waals surface area contributed by atoms with Gasteiger partial charge in [0.15, 0.2) is 0 Å². The first-order valence-electron chi connectivity index (χ1n) is 8.89. The van der Waals surface area contributed by atoms with E-state index in [4.69, 9.17) is 5.73 Å². The first-order valence-corrected chi connectivity index (χ1v) is 11.1. The molecule has 1 heterocycles. The van der Waals surface area contributed by atoms with Crippen LogP contribution in [0.25, 0.3) is 0 Å². The van der Waals surface area contributed by atoms with Gasteiger partial charge in [0.2, 0.25) is 10.0 Å². The molecule has 1 aromatic heterocycles.